The number of aromatic nitrogens is 1. The summed E-state index contributed by atoms with van der Waals surface area (Å²) < 4.78 is 0. The molecule has 2 heteroatoms. The number of hydrogen-bond donors (Lipinski definition) is 1. The van der Waals surface area contributed by atoms with Crippen molar-refractivity contribution in [1.29, 1.82) is 0 Å². The summed E-state index contributed by atoms with van der Waals surface area (Å²) in [6.45, 7) is 0.847. The maximum Gasteiger partial charge on any atom is 0.0541 e. The lowest BCUT2D eigenvalue weighted by Gasteiger charge is -2.26. The van der Waals surface area contributed by atoms with Crippen LogP contribution >= 0.6 is 0 Å². The Morgan fingerprint density at radius 3 is 2.89 bits per heavy atom. The van der Waals surface area contributed by atoms with Crippen LogP contribution in [0.3, 0.4) is 0 Å². The lowest BCUT2D eigenvalue weighted by atomic mass is 9.88. The van der Waals surface area contributed by atoms with E-state index in [9.17, 15) is 0 Å². The molecule has 1 N–H and O–H groups in total. The molecule has 0 fully saturated rings. The van der Waals surface area contributed by atoms with Crippen molar-refractivity contribution in [2.24, 2.45) is 0 Å². The molecule has 0 saturated carbocycles. The molecule has 3 rings (SSSR count). The van der Waals surface area contributed by atoms with Crippen molar-refractivity contribution >= 4 is 0 Å². The Hall–Kier alpha value is -1.67. The average molecular weight is 238 g/mol. The Kier molecular flexibility index (Phi) is 3.37. The van der Waals surface area contributed by atoms with Crippen molar-refractivity contribution in [1.82, 2.24) is 10.3 Å². The molecule has 18 heavy (non-hydrogen) atoms. The van der Waals surface area contributed by atoms with Crippen LogP contribution in [0.4, 0.5) is 0 Å². The summed E-state index contributed by atoms with van der Waals surface area (Å²) in [5.74, 6) is 0. The second kappa shape index (κ2) is 5.32. The Bertz CT molecular complexity index is 508. The van der Waals surface area contributed by atoms with E-state index in [4.69, 9.17) is 0 Å². The molecule has 0 bridgehead atoms. The van der Waals surface area contributed by atoms with E-state index < -0.39 is 0 Å². The third kappa shape index (κ3) is 2.44. The van der Waals surface area contributed by atoms with Gasteiger partial charge in [-0.2, -0.15) is 0 Å². The fourth-order valence-corrected chi connectivity index (χ4v) is 2.70. The van der Waals surface area contributed by atoms with Gasteiger partial charge in [-0.05, 0) is 42.5 Å². The molecule has 0 saturated heterocycles. The van der Waals surface area contributed by atoms with Gasteiger partial charge in [-0.25, -0.2) is 0 Å². The van der Waals surface area contributed by atoms with Gasteiger partial charge in [0.05, 0.1) is 5.69 Å². The summed E-state index contributed by atoms with van der Waals surface area (Å²) in [6.07, 6.45) is 5.57. The second-order valence-corrected chi connectivity index (χ2v) is 4.85. The van der Waals surface area contributed by atoms with E-state index in [1.807, 2.05) is 18.3 Å². The third-order valence-electron chi connectivity index (χ3n) is 3.63. The third-order valence-corrected chi connectivity index (χ3v) is 3.63. The van der Waals surface area contributed by atoms with Gasteiger partial charge in [0.1, 0.15) is 0 Å². The Balaban J connectivity index is 1.71. The average Bonchev–Trinajstić information content (AvgIpc) is 2.46. The number of pyridine rings is 1. The second-order valence-electron chi connectivity index (χ2n) is 4.85. The van der Waals surface area contributed by atoms with Gasteiger partial charge >= 0.3 is 0 Å². The van der Waals surface area contributed by atoms with Crippen LogP contribution in [0.1, 0.15) is 35.7 Å². The molecular formula is C16H18N2. The minimum Gasteiger partial charge on any atom is -0.304 e. The van der Waals surface area contributed by atoms with E-state index in [0.29, 0.717) is 6.04 Å². The lowest BCUT2D eigenvalue weighted by Crippen LogP contribution is -2.25. The normalized spacial score (nSPS) is 18.3. The molecule has 1 heterocycles. The highest BCUT2D eigenvalue weighted by molar-refractivity contribution is 5.32. The van der Waals surface area contributed by atoms with E-state index in [-0.39, 0.29) is 0 Å². The van der Waals surface area contributed by atoms with Crippen LogP contribution in [0.5, 0.6) is 0 Å². The van der Waals surface area contributed by atoms with Gasteiger partial charge in [0, 0.05) is 18.8 Å². The Labute approximate surface area is 108 Å². The number of benzene rings is 1. The molecule has 1 aromatic carbocycles. The molecular weight excluding hydrogens is 220 g/mol. The van der Waals surface area contributed by atoms with E-state index in [1.54, 1.807) is 0 Å². The first-order valence-electron chi connectivity index (χ1n) is 6.64. The van der Waals surface area contributed by atoms with Gasteiger partial charge in [-0.3, -0.25) is 4.98 Å². The van der Waals surface area contributed by atoms with Gasteiger partial charge in [0.15, 0.2) is 0 Å². The molecule has 2 nitrogen and oxygen atoms in total. The standard InChI is InChI=1S/C16H18N2/c1-2-9-15-13(6-1)7-5-10-16(15)18-12-14-8-3-4-11-17-14/h1-4,6,8-9,11,16,18H,5,7,10,12H2/t16-/m1/s1. The molecule has 1 aromatic heterocycles. The van der Waals surface area contributed by atoms with Crippen molar-refractivity contribution in [2.75, 3.05) is 0 Å². The maximum absolute atomic E-state index is 4.36. The molecule has 0 radical (unpaired) electrons. The highest BCUT2D eigenvalue weighted by Gasteiger charge is 2.18. The van der Waals surface area contributed by atoms with Gasteiger partial charge in [-0.1, -0.05) is 30.3 Å². The van der Waals surface area contributed by atoms with Crippen LogP contribution in [0, 0.1) is 0 Å². The van der Waals surface area contributed by atoms with Crippen molar-refractivity contribution in [2.45, 2.75) is 31.8 Å². The first-order valence-corrected chi connectivity index (χ1v) is 6.64. The fraction of sp³-hybridized carbons (Fsp3) is 0.312. The van der Waals surface area contributed by atoms with Crippen LogP contribution in [0.15, 0.2) is 48.7 Å². The molecule has 1 aliphatic rings. The minimum absolute atomic E-state index is 0.483. The molecule has 1 aliphatic carbocycles. The Morgan fingerprint density at radius 1 is 1.11 bits per heavy atom. The molecule has 2 aromatic rings. The van der Waals surface area contributed by atoms with Crippen LogP contribution in [0.2, 0.25) is 0 Å². The monoisotopic (exact) mass is 238 g/mol. The van der Waals surface area contributed by atoms with Crippen LogP contribution in [-0.4, -0.2) is 4.98 Å². The summed E-state index contributed by atoms with van der Waals surface area (Å²) in [7, 11) is 0. The number of nitrogens with one attached hydrogen (secondary N) is 1. The number of nitrogens with zero attached hydrogens (tertiary/aromatic N) is 1. The van der Waals surface area contributed by atoms with Crippen LogP contribution in [-0.2, 0) is 13.0 Å². The van der Waals surface area contributed by atoms with E-state index >= 15 is 0 Å². The maximum atomic E-state index is 4.36. The molecule has 92 valence electrons. The highest BCUT2D eigenvalue weighted by Crippen LogP contribution is 2.29. The summed E-state index contributed by atoms with van der Waals surface area (Å²) >= 11 is 0. The summed E-state index contributed by atoms with van der Waals surface area (Å²) in [6, 6.07) is 15.3. The molecule has 1 atom stereocenters. The van der Waals surface area contributed by atoms with Gasteiger partial charge in [0.2, 0.25) is 0 Å². The molecule has 0 aliphatic heterocycles. The number of rotatable bonds is 3. The zero-order chi connectivity index (χ0) is 12.2. The summed E-state index contributed by atoms with van der Waals surface area (Å²) in [5, 5.41) is 3.63. The smallest absolute Gasteiger partial charge is 0.0541 e. The molecule has 0 amide bonds. The van der Waals surface area contributed by atoms with E-state index in [2.05, 4.69) is 40.6 Å². The topological polar surface area (TPSA) is 24.9 Å². The predicted octanol–water partition coefficient (Wildman–Crippen LogP) is 3.25. The highest BCUT2D eigenvalue weighted by atomic mass is 14.9. The van der Waals surface area contributed by atoms with Gasteiger partial charge < -0.3 is 5.32 Å². The zero-order valence-electron chi connectivity index (χ0n) is 10.5. The number of aryl methyl sites for hydroxylation is 1. The number of hydrogen-bond acceptors (Lipinski definition) is 2. The largest absolute Gasteiger partial charge is 0.304 e. The van der Waals surface area contributed by atoms with Crippen molar-refractivity contribution in [3.63, 3.8) is 0 Å². The Morgan fingerprint density at radius 2 is 2.00 bits per heavy atom. The van der Waals surface area contributed by atoms with Crippen molar-refractivity contribution in [3.8, 4) is 0 Å². The summed E-state index contributed by atoms with van der Waals surface area (Å²) in [4.78, 5) is 4.36. The zero-order valence-corrected chi connectivity index (χ0v) is 10.5. The predicted molar refractivity (Wildman–Crippen MR) is 73.2 cm³/mol. The van der Waals surface area contributed by atoms with Crippen molar-refractivity contribution < 1.29 is 0 Å². The molecule has 0 unspecified atom stereocenters. The first kappa shape index (κ1) is 11.4. The van der Waals surface area contributed by atoms with E-state index in [0.717, 1.165) is 12.2 Å². The number of fused-ring (bicyclic) bond motifs is 1. The molecule has 0 spiro atoms. The fourth-order valence-electron chi connectivity index (χ4n) is 2.70. The lowest BCUT2D eigenvalue weighted by molar-refractivity contribution is 0.456. The van der Waals surface area contributed by atoms with Crippen LogP contribution in [0.25, 0.3) is 0 Å². The van der Waals surface area contributed by atoms with Crippen molar-refractivity contribution in [3.05, 3.63) is 65.5 Å². The van der Waals surface area contributed by atoms with E-state index in [1.165, 1.54) is 30.4 Å². The quantitative estimate of drug-likeness (QED) is 0.888. The SMILES string of the molecule is c1ccc(CN[C@@H]2CCCc3ccccc32)nc1. The minimum atomic E-state index is 0.483. The van der Waals surface area contributed by atoms with Crippen LogP contribution < -0.4 is 5.32 Å². The summed E-state index contributed by atoms with van der Waals surface area (Å²) in [5.41, 5.74) is 4.09. The van der Waals surface area contributed by atoms with Gasteiger partial charge in [-0.15, -0.1) is 0 Å². The van der Waals surface area contributed by atoms with Gasteiger partial charge in [0.25, 0.3) is 0 Å². The first-order chi connectivity index (χ1) is 8.93.